The van der Waals surface area contributed by atoms with Crippen molar-refractivity contribution in [3.63, 3.8) is 0 Å². The molecule has 0 heterocycles. The Bertz CT molecular complexity index is 2420. The SMILES string of the molecule is C[C@H](OC(=O)[C@@H]1[C@H](c2ccccc2)[C@H](C(=O)O)[C@H]1c1cccc(-c2cccc([C@H](C)OC(=O)[C@H]3[C@@H](c4ccccc4)[C@@H](C(=O)O)[C@@H]3c3ccccc3)c2)c1)c1ccccc1. The fourth-order valence-corrected chi connectivity index (χ4v) is 9.64. The highest BCUT2D eigenvalue weighted by molar-refractivity contribution is 5.86. The molecule has 2 N–H and O–H groups in total. The highest BCUT2D eigenvalue weighted by atomic mass is 16.5. The Kier molecular flexibility index (Phi) is 11.5. The van der Waals surface area contributed by atoms with Crippen LogP contribution in [0.25, 0.3) is 11.1 Å². The van der Waals surface area contributed by atoms with Crippen LogP contribution >= 0.6 is 0 Å². The van der Waals surface area contributed by atoms with E-state index in [9.17, 15) is 29.4 Å². The zero-order valence-corrected chi connectivity index (χ0v) is 33.3. The van der Waals surface area contributed by atoms with E-state index in [4.69, 9.17) is 9.47 Å². The summed E-state index contributed by atoms with van der Waals surface area (Å²) in [5.74, 6) is -8.34. The molecule has 8 atom stereocenters. The Morgan fingerprint density at radius 1 is 0.400 bits per heavy atom. The van der Waals surface area contributed by atoms with Gasteiger partial charge in [0.05, 0.1) is 23.7 Å². The topological polar surface area (TPSA) is 127 Å². The number of aliphatic carboxylic acids is 2. The molecule has 6 aromatic carbocycles. The van der Waals surface area contributed by atoms with Crippen LogP contribution in [0.1, 0.15) is 83.1 Å². The highest BCUT2D eigenvalue weighted by Gasteiger charge is 2.60. The largest absolute Gasteiger partial charge is 0.481 e. The molecule has 0 bridgehead atoms. The van der Waals surface area contributed by atoms with Crippen LogP contribution < -0.4 is 0 Å². The lowest BCUT2D eigenvalue weighted by Gasteiger charge is -2.49. The van der Waals surface area contributed by atoms with Crippen LogP contribution in [0, 0.1) is 23.7 Å². The van der Waals surface area contributed by atoms with Gasteiger partial charge in [0, 0.05) is 23.7 Å². The monoisotopic (exact) mass is 798 g/mol. The molecule has 0 unspecified atom stereocenters. The van der Waals surface area contributed by atoms with E-state index in [1.54, 1.807) is 6.92 Å². The summed E-state index contributed by atoms with van der Waals surface area (Å²) in [6.07, 6.45) is -1.20. The maximum Gasteiger partial charge on any atom is 0.310 e. The van der Waals surface area contributed by atoms with Crippen LogP contribution in [-0.2, 0) is 28.7 Å². The van der Waals surface area contributed by atoms with Crippen molar-refractivity contribution >= 4 is 23.9 Å². The first kappa shape index (κ1) is 40.0. The molecular weight excluding hydrogens is 753 g/mol. The quantitative estimate of drug-likeness (QED) is 0.111. The van der Waals surface area contributed by atoms with Crippen molar-refractivity contribution in [3.05, 3.63) is 203 Å². The molecule has 2 aliphatic rings. The van der Waals surface area contributed by atoms with Gasteiger partial charge in [-0.2, -0.15) is 0 Å². The number of esters is 2. The van der Waals surface area contributed by atoms with Crippen LogP contribution in [0.5, 0.6) is 0 Å². The second kappa shape index (κ2) is 17.2. The molecule has 2 saturated carbocycles. The molecule has 8 heteroatoms. The van der Waals surface area contributed by atoms with Crippen LogP contribution in [0.2, 0.25) is 0 Å². The predicted octanol–water partition coefficient (Wildman–Crippen LogP) is 10.4. The van der Waals surface area contributed by atoms with Gasteiger partial charge in [-0.05, 0) is 64.4 Å². The Labute approximate surface area is 349 Å². The summed E-state index contributed by atoms with van der Waals surface area (Å²) in [4.78, 5) is 54.1. The van der Waals surface area contributed by atoms with Gasteiger partial charge in [0.2, 0.25) is 0 Å². The zero-order valence-electron chi connectivity index (χ0n) is 33.3. The lowest BCUT2D eigenvalue weighted by atomic mass is 9.52. The molecule has 60 heavy (non-hydrogen) atoms. The number of carboxylic acid groups (broad SMARTS) is 2. The first-order valence-electron chi connectivity index (χ1n) is 20.4. The summed E-state index contributed by atoms with van der Waals surface area (Å²) in [5, 5.41) is 21.0. The standard InChI is InChI=1S/C52H46O8/c1-31(33-17-7-3-8-18-33)59-52(58)48-43(36-23-13-6-14-24-36)46(50(55)56)44(48)40-28-16-27-39(30-40)38-26-15-25-37(29-38)32(2)60-51(57)47-41(34-19-9-4-10-20-34)45(49(53)54)42(47)35-21-11-5-12-22-35/h3-32,41-48H,1-2H3,(H,53,54)(H,55,56)/t31-,32-,41-,42-,43+,44+,45-,46-,47+,48+/m0/s1. The lowest BCUT2D eigenvalue weighted by Crippen LogP contribution is -2.51. The molecule has 0 spiro atoms. The average Bonchev–Trinajstić information content (AvgIpc) is 3.24. The maximum atomic E-state index is 14.2. The third-order valence-corrected chi connectivity index (χ3v) is 12.6. The third kappa shape index (κ3) is 7.73. The number of rotatable bonds is 13. The second-order valence-corrected chi connectivity index (χ2v) is 15.9. The van der Waals surface area contributed by atoms with Crippen molar-refractivity contribution in [1.29, 1.82) is 0 Å². The summed E-state index contributed by atoms with van der Waals surface area (Å²) in [6, 6.07) is 52.6. The summed E-state index contributed by atoms with van der Waals surface area (Å²) in [7, 11) is 0. The van der Waals surface area contributed by atoms with Gasteiger partial charge in [-0.1, -0.05) is 164 Å². The summed E-state index contributed by atoms with van der Waals surface area (Å²) < 4.78 is 12.3. The molecule has 0 aromatic heterocycles. The van der Waals surface area contributed by atoms with Crippen molar-refractivity contribution in [2.24, 2.45) is 23.7 Å². The van der Waals surface area contributed by atoms with E-state index in [0.29, 0.717) is 5.56 Å². The van der Waals surface area contributed by atoms with Crippen LogP contribution in [0.4, 0.5) is 0 Å². The molecule has 302 valence electrons. The fraction of sp³-hybridized carbons (Fsp3) is 0.231. The molecule has 0 amide bonds. The van der Waals surface area contributed by atoms with Crippen molar-refractivity contribution in [3.8, 4) is 11.1 Å². The maximum absolute atomic E-state index is 14.2. The minimum absolute atomic E-state index is 0.448. The van der Waals surface area contributed by atoms with Gasteiger partial charge in [-0.25, -0.2) is 0 Å². The molecule has 2 aliphatic carbocycles. The number of benzene rings is 6. The molecule has 0 aliphatic heterocycles. The first-order chi connectivity index (χ1) is 29.1. The van der Waals surface area contributed by atoms with E-state index < -0.39 is 83.4 Å². The normalized spacial score (nSPS) is 24.1. The number of carbonyl (C=O) groups excluding carboxylic acids is 2. The summed E-state index contributed by atoms with van der Waals surface area (Å²) in [5.41, 5.74) is 6.25. The molecule has 0 saturated heterocycles. The Hall–Kier alpha value is -6.80. The smallest absolute Gasteiger partial charge is 0.310 e. The number of hydrogen-bond acceptors (Lipinski definition) is 6. The fourth-order valence-electron chi connectivity index (χ4n) is 9.64. The van der Waals surface area contributed by atoms with Crippen molar-refractivity contribution in [2.45, 2.75) is 49.7 Å². The van der Waals surface area contributed by atoms with Crippen molar-refractivity contribution in [2.75, 3.05) is 0 Å². The van der Waals surface area contributed by atoms with Crippen molar-refractivity contribution in [1.82, 2.24) is 0 Å². The first-order valence-corrected chi connectivity index (χ1v) is 20.4. The van der Waals surface area contributed by atoms with Gasteiger partial charge >= 0.3 is 23.9 Å². The van der Waals surface area contributed by atoms with Crippen molar-refractivity contribution < 1.29 is 38.9 Å². The van der Waals surface area contributed by atoms with Crippen LogP contribution in [0.15, 0.2) is 170 Å². The molecule has 8 nitrogen and oxygen atoms in total. The van der Waals surface area contributed by atoms with E-state index in [0.717, 1.165) is 38.9 Å². The van der Waals surface area contributed by atoms with Crippen LogP contribution in [-0.4, -0.2) is 34.1 Å². The highest BCUT2D eigenvalue weighted by Crippen LogP contribution is 2.60. The molecule has 2 fully saturated rings. The zero-order chi connectivity index (χ0) is 41.9. The molecule has 6 aromatic rings. The van der Waals surface area contributed by atoms with E-state index >= 15 is 0 Å². The number of ether oxygens (including phenoxy) is 2. The third-order valence-electron chi connectivity index (χ3n) is 12.6. The van der Waals surface area contributed by atoms with Gasteiger partial charge in [0.1, 0.15) is 12.2 Å². The average molecular weight is 799 g/mol. The second-order valence-electron chi connectivity index (χ2n) is 15.9. The number of carbonyl (C=O) groups is 4. The van der Waals surface area contributed by atoms with E-state index in [-0.39, 0.29) is 0 Å². The van der Waals surface area contributed by atoms with Gasteiger partial charge in [0.25, 0.3) is 0 Å². The Balaban J connectivity index is 1.06. The molecule has 0 radical (unpaired) electrons. The lowest BCUT2D eigenvalue weighted by molar-refractivity contribution is -0.169. The summed E-state index contributed by atoms with van der Waals surface area (Å²) in [6.45, 7) is 3.62. The number of carboxylic acids is 2. The Morgan fingerprint density at radius 2 is 0.733 bits per heavy atom. The van der Waals surface area contributed by atoms with E-state index in [2.05, 4.69) is 0 Å². The van der Waals surface area contributed by atoms with Gasteiger partial charge in [-0.15, -0.1) is 0 Å². The van der Waals surface area contributed by atoms with E-state index in [1.807, 2.05) is 177 Å². The Morgan fingerprint density at radius 3 is 1.17 bits per heavy atom. The molecule has 8 rings (SSSR count). The minimum atomic E-state index is -0.984. The summed E-state index contributed by atoms with van der Waals surface area (Å²) >= 11 is 0. The number of hydrogen-bond donors (Lipinski definition) is 2. The minimum Gasteiger partial charge on any atom is -0.481 e. The predicted molar refractivity (Wildman–Crippen MR) is 227 cm³/mol. The van der Waals surface area contributed by atoms with Gasteiger partial charge in [-0.3, -0.25) is 19.2 Å². The van der Waals surface area contributed by atoms with Gasteiger partial charge < -0.3 is 19.7 Å². The van der Waals surface area contributed by atoms with Gasteiger partial charge in [0.15, 0.2) is 0 Å². The van der Waals surface area contributed by atoms with Crippen LogP contribution in [0.3, 0.4) is 0 Å². The molecular formula is C52H46O8. The van der Waals surface area contributed by atoms with E-state index in [1.165, 1.54) is 0 Å².